The van der Waals surface area contributed by atoms with Crippen LogP contribution in [0.3, 0.4) is 0 Å². The molecule has 1 rings (SSSR count). The van der Waals surface area contributed by atoms with Crippen molar-refractivity contribution in [3.8, 4) is 0 Å². The minimum absolute atomic E-state index is 0.0607. The van der Waals surface area contributed by atoms with E-state index >= 15 is 0 Å². The number of piperidine rings is 1. The van der Waals surface area contributed by atoms with E-state index in [1.54, 1.807) is 0 Å². The van der Waals surface area contributed by atoms with E-state index in [0.29, 0.717) is 5.92 Å². The van der Waals surface area contributed by atoms with Crippen molar-refractivity contribution < 1.29 is 4.79 Å². The van der Waals surface area contributed by atoms with Gasteiger partial charge in [-0.1, -0.05) is 13.8 Å². The van der Waals surface area contributed by atoms with Gasteiger partial charge in [-0.3, -0.25) is 0 Å². The maximum absolute atomic E-state index is 11.6. The van der Waals surface area contributed by atoms with Crippen LogP contribution in [0.1, 0.15) is 26.7 Å². The van der Waals surface area contributed by atoms with Gasteiger partial charge in [-0.15, -0.1) is 0 Å². The second kappa shape index (κ2) is 5.20. The van der Waals surface area contributed by atoms with Crippen LogP contribution in [0.5, 0.6) is 0 Å². The first-order chi connectivity index (χ1) is 6.65. The fourth-order valence-electron chi connectivity index (χ4n) is 1.69. The van der Waals surface area contributed by atoms with Crippen LogP contribution in [0.2, 0.25) is 0 Å². The number of nitrogens with two attached hydrogens (primary N) is 1. The van der Waals surface area contributed by atoms with Gasteiger partial charge in [0, 0.05) is 25.7 Å². The summed E-state index contributed by atoms with van der Waals surface area (Å²) in [5.41, 5.74) is 5.88. The van der Waals surface area contributed by atoms with Crippen LogP contribution >= 0.6 is 0 Å². The van der Waals surface area contributed by atoms with E-state index in [1.165, 1.54) is 0 Å². The van der Waals surface area contributed by atoms with Gasteiger partial charge in [-0.2, -0.15) is 0 Å². The SMILES string of the molecule is CCCNC(=O)N1CCC(N)C(C)C1. The van der Waals surface area contributed by atoms with Crippen LogP contribution in [-0.4, -0.2) is 36.6 Å². The Kier molecular flexibility index (Phi) is 4.20. The molecule has 3 N–H and O–H groups in total. The summed E-state index contributed by atoms with van der Waals surface area (Å²) < 4.78 is 0. The van der Waals surface area contributed by atoms with Crippen molar-refractivity contribution in [1.82, 2.24) is 10.2 Å². The summed E-state index contributed by atoms with van der Waals surface area (Å²) in [5.74, 6) is 0.413. The number of urea groups is 1. The van der Waals surface area contributed by atoms with Gasteiger partial charge in [-0.05, 0) is 18.8 Å². The van der Waals surface area contributed by atoms with Gasteiger partial charge in [0.15, 0.2) is 0 Å². The largest absolute Gasteiger partial charge is 0.338 e. The first kappa shape index (κ1) is 11.3. The number of nitrogens with zero attached hydrogens (tertiary/aromatic N) is 1. The van der Waals surface area contributed by atoms with Crippen molar-refractivity contribution in [3.63, 3.8) is 0 Å². The number of carbonyl (C=O) groups is 1. The Morgan fingerprint density at radius 2 is 2.36 bits per heavy atom. The topological polar surface area (TPSA) is 58.4 Å². The Hall–Kier alpha value is -0.770. The summed E-state index contributed by atoms with van der Waals surface area (Å²) in [6.45, 7) is 6.49. The Balaban J connectivity index is 2.34. The lowest BCUT2D eigenvalue weighted by Gasteiger charge is -2.35. The summed E-state index contributed by atoms with van der Waals surface area (Å²) in [4.78, 5) is 13.4. The minimum atomic E-state index is 0.0607. The monoisotopic (exact) mass is 199 g/mol. The lowest BCUT2D eigenvalue weighted by molar-refractivity contribution is 0.160. The van der Waals surface area contributed by atoms with Gasteiger partial charge < -0.3 is 16.0 Å². The molecule has 14 heavy (non-hydrogen) atoms. The van der Waals surface area contributed by atoms with E-state index in [4.69, 9.17) is 5.73 Å². The van der Waals surface area contributed by atoms with E-state index in [2.05, 4.69) is 19.2 Å². The average Bonchev–Trinajstić information content (AvgIpc) is 2.18. The van der Waals surface area contributed by atoms with E-state index < -0.39 is 0 Å². The van der Waals surface area contributed by atoms with Crippen LogP contribution in [0.15, 0.2) is 0 Å². The third-order valence-corrected chi connectivity index (χ3v) is 2.79. The molecule has 1 saturated heterocycles. The fourth-order valence-corrected chi connectivity index (χ4v) is 1.69. The molecule has 0 spiro atoms. The number of amides is 2. The molecule has 2 unspecified atom stereocenters. The van der Waals surface area contributed by atoms with Crippen LogP contribution < -0.4 is 11.1 Å². The first-order valence-electron chi connectivity index (χ1n) is 5.43. The highest BCUT2D eigenvalue weighted by atomic mass is 16.2. The molecule has 1 heterocycles. The smallest absolute Gasteiger partial charge is 0.317 e. The zero-order chi connectivity index (χ0) is 10.6. The Morgan fingerprint density at radius 3 is 2.93 bits per heavy atom. The van der Waals surface area contributed by atoms with Crippen molar-refractivity contribution in [2.24, 2.45) is 11.7 Å². The van der Waals surface area contributed by atoms with Gasteiger partial charge in [0.25, 0.3) is 0 Å². The maximum atomic E-state index is 11.6. The van der Waals surface area contributed by atoms with Crippen molar-refractivity contribution in [1.29, 1.82) is 0 Å². The molecule has 82 valence electrons. The zero-order valence-electron chi connectivity index (χ0n) is 9.12. The third-order valence-electron chi connectivity index (χ3n) is 2.79. The molecular weight excluding hydrogens is 178 g/mol. The highest BCUT2D eigenvalue weighted by molar-refractivity contribution is 5.74. The number of hydrogen-bond donors (Lipinski definition) is 2. The van der Waals surface area contributed by atoms with Crippen molar-refractivity contribution >= 4 is 6.03 Å². The second-order valence-electron chi connectivity index (χ2n) is 4.11. The number of rotatable bonds is 2. The molecule has 1 aliphatic rings. The number of likely N-dealkylation sites (tertiary alicyclic amines) is 1. The zero-order valence-corrected chi connectivity index (χ0v) is 9.12. The Morgan fingerprint density at radius 1 is 1.64 bits per heavy atom. The molecule has 2 atom stereocenters. The van der Waals surface area contributed by atoms with Crippen molar-refractivity contribution in [2.45, 2.75) is 32.7 Å². The highest BCUT2D eigenvalue weighted by Gasteiger charge is 2.25. The van der Waals surface area contributed by atoms with Crippen LogP contribution in [0, 0.1) is 5.92 Å². The van der Waals surface area contributed by atoms with E-state index in [9.17, 15) is 4.79 Å². The molecule has 0 aromatic rings. The van der Waals surface area contributed by atoms with E-state index in [-0.39, 0.29) is 12.1 Å². The average molecular weight is 199 g/mol. The molecular formula is C10H21N3O. The summed E-state index contributed by atoms with van der Waals surface area (Å²) in [6, 6.07) is 0.316. The quantitative estimate of drug-likeness (QED) is 0.690. The van der Waals surface area contributed by atoms with Gasteiger partial charge in [0.2, 0.25) is 0 Å². The summed E-state index contributed by atoms with van der Waals surface area (Å²) in [5, 5.41) is 2.88. The predicted octanol–water partition coefficient (Wildman–Crippen LogP) is 0.775. The first-order valence-corrected chi connectivity index (χ1v) is 5.43. The Bertz CT molecular complexity index is 196. The maximum Gasteiger partial charge on any atom is 0.317 e. The predicted molar refractivity (Wildman–Crippen MR) is 57.0 cm³/mol. The number of hydrogen-bond acceptors (Lipinski definition) is 2. The normalized spacial score (nSPS) is 27.5. The third kappa shape index (κ3) is 2.87. The molecule has 0 bridgehead atoms. The molecule has 0 saturated carbocycles. The van der Waals surface area contributed by atoms with Crippen molar-refractivity contribution in [3.05, 3.63) is 0 Å². The van der Waals surface area contributed by atoms with E-state index in [0.717, 1.165) is 32.5 Å². The van der Waals surface area contributed by atoms with Crippen LogP contribution in [-0.2, 0) is 0 Å². The molecule has 1 aliphatic heterocycles. The minimum Gasteiger partial charge on any atom is -0.338 e. The molecule has 0 aromatic carbocycles. The standard InChI is InChI=1S/C10H21N3O/c1-3-5-12-10(14)13-6-4-9(11)8(2)7-13/h8-9H,3-7,11H2,1-2H3,(H,12,14). The van der Waals surface area contributed by atoms with Crippen LogP contribution in [0.25, 0.3) is 0 Å². The molecule has 4 heteroatoms. The lowest BCUT2D eigenvalue weighted by atomic mass is 9.95. The van der Waals surface area contributed by atoms with Gasteiger partial charge >= 0.3 is 6.03 Å². The van der Waals surface area contributed by atoms with Crippen LogP contribution in [0.4, 0.5) is 4.79 Å². The lowest BCUT2D eigenvalue weighted by Crippen LogP contribution is -2.51. The number of carbonyl (C=O) groups excluding carboxylic acids is 1. The van der Waals surface area contributed by atoms with Gasteiger partial charge in [0.05, 0.1) is 0 Å². The number of nitrogens with one attached hydrogen (secondary N) is 1. The van der Waals surface area contributed by atoms with Crippen molar-refractivity contribution in [2.75, 3.05) is 19.6 Å². The molecule has 0 aliphatic carbocycles. The highest BCUT2D eigenvalue weighted by Crippen LogP contribution is 2.14. The van der Waals surface area contributed by atoms with Gasteiger partial charge in [-0.25, -0.2) is 4.79 Å². The Labute approximate surface area is 85.8 Å². The second-order valence-corrected chi connectivity index (χ2v) is 4.11. The van der Waals surface area contributed by atoms with Gasteiger partial charge in [0.1, 0.15) is 0 Å². The molecule has 4 nitrogen and oxygen atoms in total. The summed E-state index contributed by atoms with van der Waals surface area (Å²) in [6.07, 6.45) is 1.90. The summed E-state index contributed by atoms with van der Waals surface area (Å²) >= 11 is 0. The molecule has 0 radical (unpaired) electrons. The van der Waals surface area contributed by atoms with E-state index in [1.807, 2.05) is 4.90 Å². The molecule has 0 aromatic heterocycles. The fraction of sp³-hybridized carbons (Fsp3) is 0.900. The summed E-state index contributed by atoms with van der Waals surface area (Å²) in [7, 11) is 0. The molecule has 1 fully saturated rings. The molecule has 2 amide bonds.